The fraction of sp³-hybridized carbons (Fsp3) is 0.375. The Hall–Kier alpha value is -2.30. The van der Waals surface area contributed by atoms with Gasteiger partial charge in [0.05, 0.1) is 12.8 Å². The highest BCUT2D eigenvalue weighted by Gasteiger charge is 2.29. The van der Waals surface area contributed by atoms with Crippen LogP contribution < -0.4 is 10.1 Å². The highest BCUT2D eigenvalue weighted by atomic mass is 16.5. The van der Waals surface area contributed by atoms with Crippen molar-refractivity contribution in [2.24, 2.45) is 5.92 Å². The monoisotopic (exact) mass is 286 g/mol. The number of methoxy groups -OCH3 is 1. The maximum absolute atomic E-state index is 11.5. The van der Waals surface area contributed by atoms with Crippen LogP contribution in [0.3, 0.4) is 0 Å². The largest absolute Gasteiger partial charge is 0.497 e. The number of carbonyl (C=O) groups excluding carboxylic acids is 1. The van der Waals surface area contributed by atoms with Crippen molar-refractivity contribution in [3.05, 3.63) is 36.0 Å². The molecule has 0 spiro atoms. The number of hydrogen-bond donors (Lipinski definition) is 1. The Labute approximate surface area is 123 Å². The molecule has 2 aromatic rings. The van der Waals surface area contributed by atoms with Crippen LogP contribution in [-0.2, 0) is 11.2 Å². The van der Waals surface area contributed by atoms with Crippen LogP contribution in [0.25, 0.3) is 11.3 Å². The van der Waals surface area contributed by atoms with Gasteiger partial charge in [0, 0.05) is 30.5 Å². The molecule has 0 saturated heterocycles. The van der Waals surface area contributed by atoms with Crippen LogP contribution in [0, 0.1) is 5.92 Å². The van der Waals surface area contributed by atoms with Crippen molar-refractivity contribution in [3.8, 4) is 17.1 Å². The summed E-state index contributed by atoms with van der Waals surface area (Å²) in [4.78, 5) is 11.5. The van der Waals surface area contributed by atoms with Gasteiger partial charge in [-0.1, -0.05) is 17.3 Å². The van der Waals surface area contributed by atoms with Gasteiger partial charge in [-0.05, 0) is 25.0 Å². The maximum atomic E-state index is 11.5. The van der Waals surface area contributed by atoms with E-state index in [1.807, 2.05) is 30.3 Å². The molecule has 110 valence electrons. The Balaban J connectivity index is 1.58. The summed E-state index contributed by atoms with van der Waals surface area (Å²) >= 11 is 0. The SMILES string of the molecule is COc1cccc(-c2cc(CCNC(=O)C3CC3)no2)c1. The Morgan fingerprint density at radius 1 is 1.43 bits per heavy atom. The van der Waals surface area contributed by atoms with Crippen LogP contribution >= 0.6 is 0 Å². The Morgan fingerprint density at radius 2 is 2.29 bits per heavy atom. The lowest BCUT2D eigenvalue weighted by Gasteiger charge is -2.01. The molecule has 3 rings (SSSR count). The van der Waals surface area contributed by atoms with Gasteiger partial charge in [0.2, 0.25) is 5.91 Å². The van der Waals surface area contributed by atoms with Gasteiger partial charge in [0.25, 0.3) is 0 Å². The minimum absolute atomic E-state index is 0.159. The predicted octanol–water partition coefficient (Wildman–Crippen LogP) is 2.42. The molecule has 1 saturated carbocycles. The normalized spacial score (nSPS) is 14.0. The van der Waals surface area contributed by atoms with Crippen molar-refractivity contribution in [2.45, 2.75) is 19.3 Å². The zero-order valence-corrected chi connectivity index (χ0v) is 12.0. The van der Waals surface area contributed by atoms with E-state index in [1.54, 1.807) is 7.11 Å². The van der Waals surface area contributed by atoms with Crippen LogP contribution in [0.5, 0.6) is 5.75 Å². The molecule has 1 aromatic heterocycles. The molecule has 1 aliphatic rings. The fourth-order valence-corrected chi connectivity index (χ4v) is 2.15. The number of nitrogens with zero attached hydrogens (tertiary/aromatic N) is 1. The quantitative estimate of drug-likeness (QED) is 0.885. The summed E-state index contributed by atoms with van der Waals surface area (Å²) in [6.07, 6.45) is 2.72. The van der Waals surface area contributed by atoms with Crippen LogP contribution in [0.15, 0.2) is 34.9 Å². The third kappa shape index (κ3) is 3.42. The Bertz CT molecular complexity index is 632. The smallest absolute Gasteiger partial charge is 0.223 e. The van der Waals surface area contributed by atoms with Crippen molar-refractivity contribution in [1.29, 1.82) is 0 Å². The zero-order valence-electron chi connectivity index (χ0n) is 12.0. The summed E-state index contributed by atoms with van der Waals surface area (Å²) < 4.78 is 10.5. The van der Waals surface area contributed by atoms with Crippen LogP contribution in [0.2, 0.25) is 0 Å². The highest BCUT2D eigenvalue weighted by molar-refractivity contribution is 5.80. The standard InChI is InChI=1S/C16H18N2O3/c1-20-14-4-2-3-12(9-14)15-10-13(18-21-15)7-8-17-16(19)11-5-6-11/h2-4,9-11H,5-8H2,1H3,(H,17,19). The predicted molar refractivity (Wildman–Crippen MR) is 77.9 cm³/mol. The number of amides is 1. The second kappa shape index (κ2) is 5.99. The molecule has 5 heteroatoms. The molecule has 1 amide bonds. The fourth-order valence-electron chi connectivity index (χ4n) is 2.15. The first-order valence-corrected chi connectivity index (χ1v) is 7.14. The number of rotatable bonds is 6. The molecular weight excluding hydrogens is 268 g/mol. The molecule has 1 N–H and O–H groups in total. The number of nitrogens with one attached hydrogen (secondary N) is 1. The number of ether oxygens (including phenoxy) is 1. The van der Waals surface area contributed by atoms with E-state index in [2.05, 4.69) is 10.5 Å². The molecule has 0 aliphatic heterocycles. The van der Waals surface area contributed by atoms with E-state index in [1.165, 1.54) is 0 Å². The minimum atomic E-state index is 0.159. The first-order valence-electron chi connectivity index (χ1n) is 7.14. The molecule has 1 aromatic carbocycles. The van der Waals surface area contributed by atoms with Gasteiger partial charge in [-0.25, -0.2) is 0 Å². The molecule has 1 heterocycles. The van der Waals surface area contributed by atoms with Gasteiger partial charge in [0.1, 0.15) is 5.75 Å². The summed E-state index contributed by atoms with van der Waals surface area (Å²) in [6.45, 7) is 0.597. The molecule has 21 heavy (non-hydrogen) atoms. The number of benzene rings is 1. The summed E-state index contributed by atoms with van der Waals surface area (Å²) in [5.74, 6) is 1.89. The molecule has 1 aliphatic carbocycles. The molecule has 5 nitrogen and oxygen atoms in total. The molecule has 0 unspecified atom stereocenters. The van der Waals surface area contributed by atoms with Crippen molar-refractivity contribution < 1.29 is 14.1 Å². The topological polar surface area (TPSA) is 64.4 Å². The third-order valence-electron chi connectivity index (χ3n) is 3.54. The van der Waals surface area contributed by atoms with Crippen molar-refractivity contribution >= 4 is 5.91 Å². The number of hydrogen-bond acceptors (Lipinski definition) is 4. The van der Waals surface area contributed by atoms with Gasteiger partial charge in [-0.3, -0.25) is 4.79 Å². The minimum Gasteiger partial charge on any atom is -0.497 e. The summed E-state index contributed by atoms with van der Waals surface area (Å²) in [7, 11) is 1.63. The van der Waals surface area contributed by atoms with Gasteiger partial charge >= 0.3 is 0 Å². The van der Waals surface area contributed by atoms with Crippen molar-refractivity contribution in [3.63, 3.8) is 0 Å². The second-order valence-corrected chi connectivity index (χ2v) is 5.23. The maximum Gasteiger partial charge on any atom is 0.223 e. The summed E-state index contributed by atoms with van der Waals surface area (Å²) in [6, 6.07) is 9.54. The molecule has 0 radical (unpaired) electrons. The van der Waals surface area contributed by atoms with E-state index >= 15 is 0 Å². The van der Waals surface area contributed by atoms with Crippen LogP contribution in [0.4, 0.5) is 0 Å². The van der Waals surface area contributed by atoms with E-state index < -0.39 is 0 Å². The molecule has 1 fully saturated rings. The lowest BCUT2D eigenvalue weighted by Crippen LogP contribution is -2.26. The lowest BCUT2D eigenvalue weighted by molar-refractivity contribution is -0.122. The van der Waals surface area contributed by atoms with E-state index in [4.69, 9.17) is 9.26 Å². The van der Waals surface area contributed by atoms with E-state index in [-0.39, 0.29) is 11.8 Å². The zero-order chi connectivity index (χ0) is 14.7. The number of carbonyl (C=O) groups is 1. The van der Waals surface area contributed by atoms with Gasteiger partial charge in [0.15, 0.2) is 5.76 Å². The molecule has 0 atom stereocenters. The second-order valence-electron chi connectivity index (χ2n) is 5.23. The van der Waals surface area contributed by atoms with E-state index in [9.17, 15) is 4.79 Å². The molecule has 0 bridgehead atoms. The van der Waals surface area contributed by atoms with Crippen LogP contribution in [0.1, 0.15) is 18.5 Å². The molecular formula is C16H18N2O3. The summed E-state index contributed by atoms with van der Waals surface area (Å²) in [5, 5.41) is 6.96. The Morgan fingerprint density at radius 3 is 3.05 bits per heavy atom. The lowest BCUT2D eigenvalue weighted by atomic mass is 10.1. The first-order chi connectivity index (χ1) is 10.3. The third-order valence-corrected chi connectivity index (χ3v) is 3.54. The average molecular weight is 286 g/mol. The van der Waals surface area contributed by atoms with Gasteiger partial charge in [-0.15, -0.1) is 0 Å². The van der Waals surface area contributed by atoms with Crippen molar-refractivity contribution in [1.82, 2.24) is 10.5 Å². The average Bonchev–Trinajstić information content (AvgIpc) is 3.27. The van der Waals surface area contributed by atoms with E-state index in [0.29, 0.717) is 18.7 Å². The number of aromatic nitrogens is 1. The van der Waals surface area contributed by atoms with Crippen molar-refractivity contribution in [2.75, 3.05) is 13.7 Å². The van der Waals surface area contributed by atoms with Crippen LogP contribution in [-0.4, -0.2) is 24.7 Å². The van der Waals surface area contributed by atoms with Gasteiger partial charge in [-0.2, -0.15) is 0 Å². The Kier molecular flexibility index (Phi) is 3.90. The first kappa shape index (κ1) is 13.7. The van der Waals surface area contributed by atoms with E-state index in [0.717, 1.165) is 29.8 Å². The summed E-state index contributed by atoms with van der Waals surface area (Å²) in [5.41, 5.74) is 1.76. The van der Waals surface area contributed by atoms with Gasteiger partial charge < -0.3 is 14.6 Å². The highest BCUT2D eigenvalue weighted by Crippen LogP contribution is 2.28.